The molecule has 1 N–H and O–H groups in total. The number of likely N-dealkylation sites (N-methyl/N-ethyl adjacent to an activating group) is 1. The smallest absolute Gasteiger partial charge is 0.310 e. The van der Waals surface area contributed by atoms with E-state index in [9.17, 15) is 9.90 Å². The van der Waals surface area contributed by atoms with Gasteiger partial charge in [0.05, 0.1) is 19.1 Å². The molecule has 2 heterocycles. The fourth-order valence-electron chi connectivity index (χ4n) is 4.02. The lowest BCUT2D eigenvalue weighted by Crippen LogP contribution is -2.51. The summed E-state index contributed by atoms with van der Waals surface area (Å²) in [5, 5.41) is 10.3. The van der Waals surface area contributed by atoms with Gasteiger partial charge in [-0.05, 0) is 25.5 Å². The number of piperidine rings is 1. The number of benzene rings is 1. The molecule has 4 nitrogen and oxygen atoms in total. The molecule has 1 aromatic carbocycles. The molecule has 2 fully saturated rings. The van der Waals surface area contributed by atoms with Crippen LogP contribution >= 0.6 is 0 Å². The van der Waals surface area contributed by atoms with Crippen molar-refractivity contribution in [3.63, 3.8) is 0 Å². The van der Waals surface area contributed by atoms with Gasteiger partial charge in [-0.1, -0.05) is 30.3 Å². The lowest BCUT2D eigenvalue weighted by molar-refractivity contribution is -0.151. The van der Waals surface area contributed by atoms with E-state index in [4.69, 9.17) is 4.74 Å². The minimum absolute atomic E-state index is 0.131. The van der Waals surface area contributed by atoms with Crippen LogP contribution in [0.2, 0.25) is 0 Å². The molecule has 2 saturated heterocycles. The second-order valence-corrected chi connectivity index (χ2v) is 5.91. The fourth-order valence-corrected chi connectivity index (χ4v) is 4.02. The summed E-state index contributed by atoms with van der Waals surface area (Å²) < 4.78 is 5.01. The molecule has 0 amide bonds. The van der Waals surface area contributed by atoms with Crippen molar-refractivity contribution in [1.29, 1.82) is 0 Å². The zero-order valence-corrected chi connectivity index (χ0v) is 11.9. The maximum atomic E-state index is 12.3. The number of carbonyl (C=O) groups excluding carboxylic acids is 1. The molecule has 0 spiro atoms. The number of aliphatic hydroxyl groups excluding tert-OH is 1. The van der Waals surface area contributed by atoms with Crippen LogP contribution in [0.4, 0.5) is 0 Å². The zero-order valence-electron chi connectivity index (χ0n) is 11.9. The average molecular weight is 275 g/mol. The summed E-state index contributed by atoms with van der Waals surface area (Å²) in [5.74, 6) is -0.372. The van der Waals surface area contributed by atoms with E-state index < -0.39 is 6.10 Å². The highest BCUT2D eigenvalue weighted by atomic mass is 16.5. The van der Waals surface area contributed by atoms with E-state index in [-0.39, 0.29) is 23.8 Å². The predicted molar refractivity (Wildman–Crippen MR) is 75.3 cm³/mol. The highest BCUT2D eigenvalue weighted by molar-refractivity contribution is 5.75. The lowest BCUT2D eigenvalue weighted by atomic mass is 9.76. The van der Waals surface area contributed by atoms with Crippen LogP contribution < -0.4 is 0 Å². The van der Waals surface area contributed by atoms with Crippen molar-refractivity contribution in [1.82, 2.24) is 4.90 Å². The Kier molecular flexibility index (Phi) is 3.52. The van der Waals surface area contributed by atoms with Crippen LogP contribution in [-0.2, 0) is 9.53 Å². The predicted octanol–water partition coefficient (Wildman–Crippen LogP) is 1.40. The van der Waals surface area contributed by atoms with E-state index in [1.54, 1.807) is 0 Å². The summed E-state index contributed by atoms with van der Waals surface area (Å²) in [7, 11) is 3.43. The minimum Gasteiger partial charge on any atom is -0.469 e. The number of carbonyl (C=O) groups is 1. The third-order valence-corrected chi connectivity index (χ3v) is 4.98. The number of rotatable bonds is 2. The lowest BCUT2D eigenvalue weighted by Gasteiger charge is -2.42. The first-order chi connectivity index (χ1) is 9.63. The van der Waals surface area contributed by atoms with Crippen molar-refractivity contribution >= 4 is 5.97 Å². The van der Waals surface area contributed by atoms with E-state index >= 15 is 0 Å². The van der Waals surface area contributed by atoms with Crippen LogP contribution in [0.15, 0.2) is 30.3 Å². The van der Waals surface area contributed by atoms with E-state index in [0.29, 0.717) is 6.04 Å². The van der Waals surface area contributed by atoms with Gasteiger partial charge in [-0.25, -0.2) is 0 Å². The van der Waals surface area contributed by atoms with Crippen molar-refractivity contribution in [2.24, 2.45) is 5.92 Å². The van der Waals surface area contributed by atoms with Crippen molar-refractivity contribution in [2.75, 3.05) is 14.2 Å². The molecule has 108 valence electrons. The second-order valence-electron chi connectivity index (χ2n) is 5.91. The molecule has 2 unspecified atom stereocenters. The molecule has 2 aliphatic rings. The van der Waals surface area contributed by atoms with E-state index in [2.05, 4.69) is 17.0 Å². The van der Waals surface area contributed by atoms with Gasteiger partial charge in [-0.3, -0.25) is 9.69 Å². The summed E-state index contributed by atoms with van der Waals surface area (Å²) in [6.07, 6.45) is 1.20. The molecule has 0 aliphatic carbocycles. The SMILES string of the molecule is COC(=O)[C@@H]1C2[C@H](O)CC(C[C@H]1c1ccccc1)N2C. The third-order valence-electron chi connectivity index (χ3n) is 4.98. The summed E-state index contributed by atoms with van der Waals surface area (Å²) in [6.45, 7) is 0. The molecule has 5 atom stereocenters. The summed E-state index contributed by atoms with van der Waals surface area (Å²) in [4.78, 5) is 14.4. The van der Waals surface area contributed by atoms with Gasteiger partial charge in [0.2, 0.25) is 0 Å². The molecule has 1 aromatic rings. The minimum atomic E-state index is -0.442. The van der Waals surface area contributed by atoms with Gasteiger partial charge in [0.1, 0.15) is 0 Å². The molecule has 3 rings (SSSR count). The molecule has 0 aromatic heterocycles. The van der Waals surface area contributed by atoms with Gasteiger partial charge in [0.15, 0.2) is 0 Å². The Morgan fingerprint density at radius 2 is 2.00 bits per heavy atom. The summed E-state index contributed by atoms with van der Waals surface area (Å²) in [6, 6.07) is 10.3. The molecule has 2 aliphatic heterocycles. The van der Waals surface area contributed by atoms with E-state index in [0.717, 1.165) is 12.8 Å². The number of esters is 1. The molecule has 0 saturated carbocycles. The van der Waals surface area contributed by atoms with Crippen LogP contribution in [0.25, 0.3) is 0 Å². The topological polar surface area (TPSA) is 49.8 Å². The third kappa shape index (κ3) is 2.03. The van der Waals surface area contributed by atoms with Gasteiger partial charge in [-0.15, -0.1) is 0 Å². The Bertz CT molecular complexity index is 490. The molecule has 2 bridgehead atoms. The van der Waals surface area contributed by atoms with Crippen molar-refractivity contribution in [2.45, 2.75) is 36.9 Å². The fraction of sp³-hybridized carbons (Fsp3) is 0.562. The highest BCUT2D eigenvalue weighted by Gasteiger charge is 2.53. The monoisotopic (exact) mass is 275 g/mol. The van der Waals surface area contributed by atoms with Crippen LogP contribution in [0, 0.1) is 5.92 Å². The molecule has 20 heavy (non-hydrogen) atoms. The maximum absolute atomic E-state index is 12.3. The molecule has 4 heteroatoms. The number of ether oxygens (including phenoxy) is 1. The summed E-state index contributed by atoms with van der Waals surface area (Å²) >= 11 is 0. The number of hydrogen-bond acceptors (Lipinski definition) is 4. The molecule has 0 radical (unpaired) electrons. The number of fused-ring (bicyclic) bond motifs is 2. The van der Waals surface area contributed by atoms with Crippen LogP contribution in [0.1, 0.15) is 24.3 Å². The Morgan fingerprint density at radius 1 is 1.30 bits per heavy atom. The number of hydrogen-bond donors (Lipinski definition) is 1. The molecular weight excluding hydrogens is 254 g/mol. The largest absolute Gasteiger partial charge is 0.469 e. The van der Waals surface area contributed by atoms with Crippen molar-refractivity contribution < 1.29 is 14.6 Å². The van der Waals surface area contributed by atoms with Gasteiger partial charge < -0.3 is 9.84 Å². The van der Waals surface area contributed by atoms with E-state index in [1.807, 2.05) is 25.2 Å². The maximum Gasteiger partial charge on any atom is 0.310 e. The van der Waals surface area contributed by atoms with Gasteiger partial charge in [-0.2, -0.15) is 0 Å². The Morgan fingerprint density at radius 3 is 2.65 bits per heavy atom. The molecular formula is C16H21NO3. The zero-order chi connectivity index (χ0) is 14.3. The van der Waals surface area contributed by atoms with Crippen molar-refractivity contribution in [3.05, 3.63) is 35.9 Å². The average Bonchev–Trinajstić information content (AvgIpc) is 2.66. The summed E-state index contributed by atoms with van der Waals surface area (Å²) in [5.41, 5.74) is 1.17. The Balaban J connectivity index is 1.99. The normalized spacial score (nSPS) is 36.9. The van der Waals surface area contributed by atoms with E-state index in [1.165, 1.54) is 12.7 Å². The van der Waals surface area contributed by atoms with Crippen molar-refractivity contribution in [3.8, 4) is 0 Å². The highest BCUT2D eigenvalue weighted by Crippen LogP contribution is 2.46. The number of aliphatic hydroxyl groups is 1. The van der Waals surface area contributed by atoms with Gasteiger partial charge in [0, 0.05) is 18.0 Å². The quantitative estimate of drug-likeness (QED) is 0.829. The first kappa shape index (κ1) is 13.6. The van der Waals surface area contributed by atoms with Crippen LogP contribution in [-0.4, -0.2) is 48.3 Å². The first-order valence-corrected chi connectivity index (χ1v) is 7.16. The Hall–Kier alpha value is -1.39. The van der Waals surface area contributed by atoms with Crippen LogP contribution in [0.3, 0.4) is 0 Å². The number of nitrogens with zero attached hydrogens (tertiary/aromatic N) is 1. The van der Waals surface area contributed by atoms with Gasteiger partial charge in [0.25, 0.3) is 0 Å². The number of methoxy groups -OCH3 is 1. The first-order valence-electron chi connectivity index (χ1n) is 7.16. The second kappa shape index (κ2) is 5.19. The standard InChI is InChI=1S/C16H21NO3/c1-17-11-8-12(10-6-4-3-5-7-10)14(16(19)20-2)15(17)13(18)9-11/h3-7,11-15,18H,8-9H2,1-2H3/t11?,12-,13+,14-,15?/m0/s1. The Labute approximate surface area is 119 Å². The van der Waals surface area contributed by atoms with Gasteiger partial charge >= 0.3 is 5.97 Å². The van der Waals surface area contributed by atoms with Crippen LogP contribution in [0.5, 0.6) is 0 Å².